The van der Waals surface area contributed by atoms with E-state index >= 15 is 0 Å². The molecule has 0 radical (unpaired) electrons. The van der Waals surface area contributed by atoms with Gasteiger partial charge in [-0.2, -0.15) is 0 Å². The highest BCUT2D eigenvalue weighted by molar-refractivity contribution is 5.96. The smallest absolute Gasteiger partial charge is 0.231 e. The lowest BCUT2D eigenvalue weighted by Crippen LogP contribution is -2.31. The van der Waals surface area contributed by atoms with Crippen LogP contribution in [-0.4, -0.2) is 31.7 Å². The second kappa shape index (κ2) is 8.33. The SMILES string of the molecule is O=C(CCCc1ccccc1)NCC1CC(=O)N(c2ccc3c(c2)OCO3)C1. The molecule has 2 amide bonds. The Morgan fingerprint density at radius 2 is 1.93 bits per heavy atom. The summed E-state index contributed by atoms with van der Waals surface area (Å²) in [5.41, 5.74) is 2.06. The molecule has 1 N–H and O–H groups in total. The van der Waals surface area contributed by atoms with Crippen LogP contribution in [0.5, 0.6) is 11.5 Å². The van der Waals surface area contributed by atoms with Gasteiger partial charge in [-0.05, 0) is 30.5 Å². The minimum atomic E-state index is 0.0462. The van der Waals surface area contributed by atoms with Crippen LogP contribution >= 0.6 is 0 Å². The van der Waals surface area contributed by atoms with Crippen molar-refractivity contribution in [2.45, 2.75) is 25.7 Å². The van der Waals surface area contributed by atoms with E-state index in [0.29, 0.717) is 37.4 Å². The number of carbonyl (C=O) groups excluding carboxylic acids is 2. The van der Waals surface area contributed by atoms with Gasteiger partial charge >= 0.3 is 0 Å². The molecule has 2 aromatic carbocycles. The standard InChI is InChI=1S/C22H24N2O4/c25-21(8-4-7-16-5-2-1-3-6-16)23-13-17-11-22(26)24(14-17)18-9-10-19-20(12-18)28-15-27-19/h1-3,5-6,9-10,12,17H,4,7-8,11,13-15H2,(H,23,25). The van der Waals surface area contributed by atoms with Crippen LogP contribution in [0.3, 0.4) is 0 Å². The lowest BCUT2D eigenvalue weighted by molar-refractivity contribution is -0.121. The maximum Gasteiger partial charge on any atom is 0.231 e. The first-order valence-electron chi connectivity index (χ1n) is 9.69. The van der Waals surface area contributed by atoms with Crippen molar-refractivity contribution in [3.8, 4) is 11.5 Å². The number of anilines is 1. The molecule has 2 aliphatic rings. The molecule has 0 aromatic heterocycles. The Morgan fingerprint density at radius 1 is 1.11 bits per heavy atom. The molecule has 2 aliphatic heterocycles. The summed E-state index contributed by atoms with van der Waals surface area (Å²) in [6.45, 7) is 1.34. The van der Waals surface area contributed by atoms with E-state index in [2.05, 4.69) is 17.4 Å². The van der Waals surface area contributed by atoms with E-state index in [1.807, 2.05) is 36.4 Å². The number of fused-ring (bicyclic) bond motifs is 1. The summed E-state index contributed by atoms with van der Waals surface area (Å²) in [7, 11) is 0. The van der Waals surface area contributed by atoms with Crippen molar-refractivity contribution in [2.24, 2.45) is 5.92 Å². The predicted octanol–water partition coefficient (Wildman–Crippen LogP) is 2.91. The zero-order chi connectivity index (χ0) is 19.3. The van der Waals surface area contributed by atoms with Gasteiger partial charge in [-0.1, -0.05) is 30.3 Å². The molecule has 6 heteroatoms. The quantitative estimate of drug-likeness (QED) is 0.802. The van der Waals surface area contributed by atoms with Gasteiger partial charge in [0.05, 0.1) is 0 Å². The van der Waals surface area contributed by atoms with Gasteiger partial charge in [0.25, 0.3) is 0 Å². The van der Waals surface area contributed by atoms with Gasteiger partial charge < -0.3 is 19.7 Å². The number of rotatable bonds is 7. The number of carbonyl (C=O) groups is 2. The fourth-order valence-corrected chi connectivity index (χ4v) is 3.67. The van der Waals surface area contributed by atoms with E-state index < -0.39 is 0 Å². The van der Waals surface area contributed by atoms with Gasteiger partial charge in [0.2, 0.25) is 18.6 Å². The van der Waals surface area contributed by atoms with Crippen LogP contribution in [0.2, 0.25) is 0 Å². The van der Waals surface area contributed by atoms with Crippen LogP contribution in [0.15, 0.2) is 48.5 Å². The summed E-state index contributed by atoms with van der Waals surface area (Å²) in [4.78, 5) is 26.3. The Bertz CT molecular complexity index is 853. The number of amides is 2. The topological polar surface area (TPSA) is 67.9 Å². The highest BCUT2D eigenvalue weighted by Crippen LogP contribution is 2.37. The molecule has 2 heterocycles. The average molecular weight is 380 g/mol. The van der Waals surface area contributed by atoms with Crippen molar-refractivity contribution in [1.29, 1.82) is 0 Å². The van der Waals surface area contributed by atoms with E-state index in [1.165, 1.54) is 5.56 Å². The second-order valence-corrected chi connectivity index (χ2v) is 7.26. The van der Waals surface area contributed by atoms with E-state index in [1.54, 1.807) is 4.90 Å². The molecule has 4 rings (SSSR count). The van der Waals surface area contributed by atoms with Crippen LogP contribution in [0.25, 0.3) is 0 Å². The third-order valence-corrected chi connectivity index (χ3v) is 5.17. The molecule has 28 heavy (non-hydrogen) atoms. The lowest BCUT2D eigenvalue weighted by Gasteiger charge is -2.17. The molecular formula is C22H24N2O4. The van der Waals surface area contributed by atoms with Gasteiger partial charge in [0.15, 0.2) is 11.5 Å². The van der Waals surface area contributed by atoms with E-state index in [-0.39, 0.29) is 24.5 Å². The normalized spacial score (nSPS) is 17.8. The first-order valence-corrected chi connectivity index (χ1v) is 9.69. The van der Waals surface area contributed by atoms with Gasteiger partial charge in [-0.25, -0.2) is 0 Å². The maximum atomic E-state index is 12.4. The lowest BCUT2D eigenvalue weighted by atomic mass is 10.1. The molecule has 1 saturated heterocycles. The molecule has 0 bridgehead atoms. The van der Waals surface area contributed by atoms with Gasteiger partial charge in [-0.3, -0.25) is 9.59 Å². The van der Waals surface area contributed by atoms with Crippen LogP contribution in [-0.2, 0) is 16.0 Å². The summed E-state index contributed by atoms with van der Waals surface area (Å²) in [5.74, 6) is 1.61. The largest absolute Gasteiger partial charge is 0.454 e. The van der Waals surface area contributed by atoms with E-state index in [9.17, 15) is 9.59 Å². The molecule has 2 aromatic rings. The Balaban J connectivity index is 1.23. The number of nitrogens with zero attached hydrogens (tertiary/aromatic N) is 1. The molecule has 1 unspecified atom stereocenters. The van der Waals surface area contributed by atoms with Gasteiger partial charge in [0.1, 0.15) is 0 Å². The number of nitrogens with one attached hydrogen (secondary N) is 1. The number of hydrogen-bond acceptors (Lipinski definition) is 4. The molecule has 0 aliphatic carbocycles. The van der Waals surface area contributed by atoms with Crippen molar-refractivity contribution < 1.29 is 19.1 Å². The molecule has 1 fully saturated rings. The van der Waals surface area contributed by atoms with Crippen LogP contribution in [0.1, 0.15) is 24.8 Å². The summed E-state index contributed by atoms with van der Waals surface area (Å²) in [6.07, 6.45) is 2.66. The molecule has 1 atom stereocenters. The Kier molecular flexibility index (Phi) is 5.46. The van der Waals surface area contributed by atoms with Crippen LogP contribution in [0.4, 0.5) is 5.69 Å². The summed E-state index contributed by atoms with van der Waals surface area (Å²) in [6, 6.07) is 15.7. The van der Waals surface area contributed by atoms with Crippen LogP contribution in [0, 0.1) is 5.92 Å². The summed E-state index contributed by atoms with van der Waals surface area (Å²) in [5, 5.41) is 2.98. The maximum absolute atomic E-state index is 12.4. The highest BCUT2D eigenvalue weighted by atomic mass is 16.7. The van der Waals surface area contributed by atoms with Gasteiger partial charge in [-0.15, -0.1) is 0 Å². The zero-order valence-electron chi connectivity index (χ0n) is 15.7. The third kappa shape index (κ3) is 4.27. The monoisotopic (exact) mass is 380 g/mol. The van der Waals surface area contributed by atoms with E-state index in [4.69, 9.17) is 9.47 Å². The van der Waals surface area contributed by atoms with Crippen molar-refractivity contribution in [3.63, 3.8) is 0 Å². The first kappa shape index (κ1) is 18.3. The van der Waals surface area contributed by atoms with Crippen molar-refractivity contribution in [2.75, 3.05) is 24.8 Å². The third-order valence-electron chi connectivity index (χ3n) is 5.17. The minimum Gasteiger partial charge on any atom is -0.454 e. The zero-order valence-corrected chi connectivity index (χ0v) is 15.7. The minimum absolute atomic E-state index is 0.0462. The van der Waals surface area contributed by atoms with Crippen LogP contribution < -0.4 is 19.7 Å². The second-order valence-electron chi connectivity index (χ2n) is 7.26. The number of aryl methyl sites for hydroxylation is 1. The number of benzene rings is 2. The number of hydrogen-bond donors (Lipinski definition) is 1. The Morgan fingerprint density at radius 3 is 2.79 bits per heavy atom. The van der Waals surface area contributed by atoms with E-state index in [0.717, 1.165) is 18.5 Å². The molecule has 6 nitrogen and oxygen atoms in total. The average Bonchev–Trinajstić information content (AvgIpc) is 3.32. The molecule has 146 valence electrons. The first-order chi connectivity index (χ1) is 13.7. The number of ether oxygens (including phenoxy) is 2. The Labute approximate surface area is 164 Å². The molecule has 0 saturated carbocycles. The van der Waals surface area contributed by atoms with Crippen molar-refractivity contribution in [3.05, 3.63) is 54.1 Å². The molecular weight excluding hydrogens is 356 g/mol. The fourth-order valence-electron chi connectivity index (χ4n) is 3.67. The predicted molar refractivity (Wildman–Crippen MR) is 105 cm³/mol. The summed E-state index contributed by atoms with van der Waals surface area (Å²) >= 11 is 0. The summed E-state index contributed by atoms with van der Waals surface area (Å²) < 4.78 is 10.7. The van der Waals surface area contributed by atoms with Crippen molar-refractivity contribution in [1.82, 2.24) is 5.32 Å². The Hall–Kier alpha value is -3.02. The molecule has 0 spiro atoms. The van der Waals surface area contributed by atoms with Gasteiger partial charge in [0, 0.05) is 43.6 Å². The fraction of sp³-hybridized carbons (Fsp3) is 0.364. The highest BCUT2D eigenvalue weighted by Gasteiger charge is 2.31. The van der Waals surface area contributed by atoms with Crippen molar-refractivity contribution >= 4 is 17.5 Å².